The summed E-state index contributed by atoms with van der Waals surface area (Å²) in [4.78, 5) is 4.93. The molecule has 1 aromatic rings. The molecule has 2 rings (SSSR count). The van der Waals surface area contributed by atoms with Crippen LogP contribution >= 0.6 is 0 Å². The number of morpholine rings is 1. The van der Waals surface area contributed by atoms with Gasteiger partial charge >= 0.3 is 0 Å². The van der Waals surface area contributed by atoms with Crippen LogP contribution in [-0.4, -0.2) is 29.8 Å². The van der Waals surface area contributed by atoms with Gasteiger partial charge in [0, 0.05) is 19.2 Å². The standard InChI is InChI=1S/C12H15F3N2O/c1-7-5-17(6-12(2,3)18-7)11-9(14)4-8(13)10(15)16-11/h4,7H,5-6H2,1-3H3. The minimum atomic E-state index is -1.29. The lowest BCUT2D eigenvalue weighted by Crippen LogP contribution is -2.52. The normalized spacial score (nSPS) is 23.2. The van der Waals surface area contributed by atoms with Crippen molar-refractivity contribution in [1.82, 2.24) is 4.98 Å². The van der Waals surface area contributed by atoms with Gasteiger partial charge in [-0.05, 0) is 20.8 Å². The van der Waals surface area contributed by atoms with Crippen LogP contribution in [0.2, 0.25) is 0 Å². The summed E-state index contributed by atoms with van der Waals surface area (Å²) in [5.41, 5.74) is -0.489. The van der Waals surface area contributed by atoms with Gasteiger partial charge in [-0.3, -0.25) is 0 Å². The predicted octanol–water partition coefficient (Wildman–Crippen LogP) is 2.50. The van der Waals surface area contributed by atoms with Gasteiger partial charge in [-0.2, -0.15) is 9.37 Å². The third-order valence-electron chi connectivity index (χ3n) is 2.74. The fourth-order valence-electron chi connectivity index (χ4n) is 2.27. The Hall–Kier alpha value is -1.30. The topological polar surface area (TPSA) is 25.4 Å². The fourth-order valence-corrected chi connectivity index (χ4v) is 2.27. The van der Waals surface area contributed by atoms with Crippen molar-refractivity contribution in [2.45, 2.75) is 32.5 Å². The van der Waals surface area contributed by atoms with E-state index in [-0.39, 0.29) is 11.9 Å². The largest absolute Gasteiger partial charge is 0.369 e. The first-order valence-corrected chi connectivity index (χ1v) is 5.73. The van der Waals surface area contributed by atoms with Crippen LogP contribution in [0, 0.1) is 17.6 Å². The SMILES string of the molecule is CC1CN(c2nc(F)c(F)cc2F)CC(C)(C)O1. The molecule has 2 heterocycles. The maximum atomic E-state index is 13.6. The van der Waals surface area contributed by atoms with Crippen molar-refractivity contribution in [2.24, 2.45) is 0 Å². The van der Waals surface area contributed by atoms with Crippen LogP contribution in [-0.2, 0) is 4.74 Å². The molecule has 1 atom stereocenters. The van der Waals surface area contributed by atoms with Crippen LogP contribution in [0.3, 0.4) is 0 Å². The summed E-state index contributed by atoms with van der Waals surface area (Å²) < 4.78 is 45.2. The van der Waals surface area contributed by atoms with Gasteiger partial charge in [-0.25, -0.2) is 8.78 Å². The third-order valence-corrected chi connectivity index (χ3v) is 2.74. The Kier molecular flexibility index (Phi) is 3.23. The van der Waals surface area contributed by atoms with E-state index >= 15 is 0 Å². The van der Waals surface area contributed by atoms with Crippen molar-refractivity contribution in [3.63, 3.8) is 0 Å². The lowest BCUT2D eigenvalue weighted by Gasteiger charge is -2.42. The molecular formula is C12H15F3N2O. The molecule has 100 valence electrons. The zero-order valence-electron chi connectivity index (χ0n) is 10.5. The van der Waals surface area contributed by atoms with Gasteiger partial charge in [0.2, 0.25) is 0 Å². The Balaban J connectivity index is 2.34. The maximum Gasteiger partial charge on any atom is 0.251 e. The second-order valence-corrected chi connectivity index (χ2v) is 5.14. The number of ether oxygens (including phenoxy) is 1. The van der Waals surface area contributed by atoms with E-state index < -0.39 is 23.2 Å². The Bertz CT molecular complexity index is 465. The highest BCUT2D eigenvalue weighted by atomic mass is 19.2. The van der Waals surface area contributed by atoms with Crippen molar-refractivity contribution in [3.05, 3.63) is 23.6 Å². The molecule has 0 radical (unpaired) electrons. The first-order chi connectivity index (χ1) is 8.28. The van der Waals surface area contributed by atoms with E-state index in [4.69, 9.17) is 4.74 Å². The number of hydrogen-bond acceptors (Lipinski definition) is 3. The summed E-state index contributed by atoms with van der Waals surface area (Å²) >= 11 is 0. The minimum absolute atomic E-state index is 0.136. The van der Waals surface area contributed by atoms with Gasteiger partial charge in [0.05, 0.1) is 11.7 Å². The van der Waals surface area contributed by atoms with Gasteiger partial charge in [0.25, 0.3) is 5.95 Å². The van der Waals surface area contributed by atoms with Crippen LogP contribution in [0.4, 0.5) is 19.0 Å². The first kappa shape index (κ1) is 13.1. The quantitative estimate of drug-likeness (QED) is 0.725. The van der Waals surface area contributed by atoms with Gasteiger partial charge in [-0.15, -0.1) is 0 Å². The Morgan fingerprint density at radius 1 is 1.33 bits per heavy atom. The van der Waals surface area contributed by atoms with E-state index in [1.54, 1.807) is 4.90 Å². The summed E-state index contributed by atoms with van der Waals surface area (Å²) in [6.07, 6.45) is -0.136. The molecule has 0 saturated carbocycles. The van der Waals surface area contributed by atoms with E-state index in [9.17, 15) is 13.2 Å². The number of rotatable bonds is 1. The number of hydrogen-bond donors (Lipinski definition) is 0. The molecule has 1 saturated heterocycles. The van der Waals surface area contributed by atoms with Gasteiger partial charge in [-0.1, -0.05) is 0 Å². The van der Waals surface area contributed by atoms with Gasteiger partial charge in [0.15, 0.2) is 17.5 Å². The Morgan fingerprint density at radius 2 is 2.00 bits per heavy atom. The third kappa shape index (κ3) is 2.58. The highest BCUT2D eigenvalue weighted by molar-refractivity contribution is 5.41. The van der Waals surface area contributed by atoms with E-state index in [1.807, 2.05) is 20.8 Å². The lowest BCUT2D eigenvalue weighted by molar-refractivity contribution is -0.0753. The molecule has 1 aliphatic heterocycles. The molecule has 0 bridgehead atoms. The van der Waals surface area contributed by atoms with E-state index in [0.29, 0.717) is 19.2 Å². The molecular weight excluding hydrogens is 245 g/mol. The molecule has 1 aliphatic rings. The summed E-state index contributed by atoms with van der Waals surface area (Å²) in [5, 5.41) is 0. The molecule has 1 fully saturated rings. The molecule has 0 aliphatic carbocycles. The number of nitrogens with zero attached hydrogens (tertiary/aromatic N) is 2. The lowest BCUT2D eigenvalue weighted by atomic mass is 10.1. The van der Waals surface area contributed by atoms with E-state index in [1.165, 1.54) is 0 Å². The smallest absolute Gasteiger partial charge is 0.251 e. The molecule has 0 N–H and O–H groups in total. The molecule has 6 heteroatoms. The summed E-state index contributed by atoms with van der Waals surface area (Å²) in [6.45, 7) is 6.30. The van der Waals surface area contributed by atoms with Crippen LogP contribution in [0.15, 0.2) is 6.07 Å². The maximum absolute atomic E-state index is 13.6. The molecule has 0 spiro atoms. The molecule has 3 nitrogen and oxygen atoms in total. The monoisotopic (exact) mass is 260 g/mol. The summed E-state index contributed by atoms with van der Waals surface area (Å²) in [5.74, 6) is -3.60. The average Bonchev–Trinajstić information content (AvgIpc) is 2.20. The van der Waals surface area contributed by atoms with Gasteiger partial charge < -0.3 is 9.64 Å². The number of aromatic nitrogens is 1. The molecule has 1 aromatic heterocycles. The van der Waals surface area contributed by atoms with Crippen molar-refractivity contribution < 1.29 is 17.9 Å². The second kappa shape index (κ2) is 4.42. The molecule has 1 unspecified atom stereocenters. The van der Waals surface area contributed by atoms with Crippen LogP contribution in [0.1, 0.15) is 20.8 Å². The molecule has 0 aromatic carbocycles. The zero-order valence-corrected chi connectivity index (χ0v) is 10.5. The Morgan fingerprint density at radius 3 is 2.61 bits per heavy atom. The van der Waals surface area contributed by atoms with E-state index in [2.05, 4.69) is 4.98 Å². The van der Waals surface area contributed by atoms with E-state index in [0.717, 1.165) is 0 Å². The minimum Gasteiger partial charge on any atom is -0.369 e. The zero-order chi connectivity index (χ0) is 13.5. The predicted molar refractivity (Wildman–Crippen MR) is 61.0 cm³/mol. The first-order valence-electron chi connectivity index (χ1n) is 5.73. The van der Waals surface area contributed by atoms with Gasteiger partial charge in [0.1, 0.15) is 0 Å². The van der Waals surface area contributed by atoms with Crippen molar-refractivity contribution >= 4 is 5.82 Å². The molecule has 18 heavy (non-hydrogen) atoms. The number of halogens is 3. The second-order valence-electron chi connectivity index (χ2n) is 5.14. The average molecular weight is 260 g/mol. The number of pyridine rings is 1. The fraction of sp³-hybridized carbons (Fsp3) is 0.583. The van der Waals surface area contributed by atoms with Crippen LogP contribution in [0.25, 0.3) is 0 Å². The molecule has 0 amide bonds. The van der Waals surface area contributed by atoms with Crippen LogP contribution in [0.5, 0.6) is 0 Å². The summed E-state index contributed by atoms with van der Waals surface area (Å²) in [7, 11) is 0. The van der Waals surface area contributed by atoms with Crippen molar-refractivity contribution in [1.29, 1.82) is 0 Å². The highest BCUT2D eigenvalue weighted by Gasteiger charge is 2.33. The summed E-state index contributed by atoms with van der Waals surface area (Å²) in [6, 6.07) is 0.519. The highest BCUT2D eigenvalue weighted by Crippen LogP contribution is 2.27. The Labute approximate surface area is 104 Å². The van der Waals surface area contributed by atoms with Crippen molar-refractivity contribution in [2.75, 3.05) is 18.0 Å². The van der Waals surface area contributed by atoms with Crippen LogP contribution < -0.4 is 4.90 Å². The number of anilines is 1. The van der Waals surface area contributed by atoms with Crippen molar-refractivity contribution in [3.8, 4) is 0 Å².